The number of nitrogens with zero attached hydrogens (tertiary/aromatic N) is 3. The van der Waals surface area contributed by atoms with Gasteiger partial charge in [0.05, 0.1) is 19.3 Å². The Morgan fingerprint density at radius 1 is 1.00 bits per heavy atom. The molecule has 0 fully saturated rings. The summed E-state index contributed by atoms with van der Waals surface area (Å²) in [5, 5.41) is 3.93. The highest BCUT2D eigenvalue weighted by Crippen LogP contribution is 2.31. The van der Waals surface area contributed by atoms with Crippen LogP contribution >= 0.6 is 0 Å². The number of aryl methyl sites for hydroxylation is 2. The Morgan fingerprint density at radius 2 is 1.76 bits per heavy atom. The number of aromatic nitrogens is 4. The highest BCUT2D eigenvalue weighted by molar-refractivity contribution is 5.96. The lowest BCUT2D eigenvalue weighted by Crippen LogP contribution is -2.32. The van der Waals surface area contributed by atoms with Gasteiger partial charge in [0, 0.05) is 23.1 Å². The van der Waals surface area contributed by atoms with E-state index in [0.717, 1.165) is 35.2 Å². The van der Waals surface area contributed by atoms with E-state index >= 15 is 0 Å². The number of hydrogen-bond donors (Lipinski definition) is 1. The van der Waals surface area contributed by atoms with Crippen molar-refractivity contribution < 1.29 is 14.1 Å². The Bertz CT molecular complexity index is 1820. The van der Waals surface area contributed by atoms with Crippen LogP contribution in [0.1, 0.15) is 52.8 Å². The predicted octanol–water partition coefficient (Wildman–Crippen LogP) is 5.39. The Hall–Kier alpha value is -5.05. The monoisotopic (exact) mass is 564 g/mol. The molecule has 2 heterocycles. The third kappa shape index (κ3) is 6.15. The summed E-state index contributed by atoms with van der Waals surface area (Å²) in [5.74, 6) is 0.606. The first kappa shape index (κ1) is 28.5. The smallest absolute Gasteiger partial charge is 0.439 e. The van der Waals surface area contributed by atoms with E-state index in [1.165, 1.54) is 4.57 Å². The van der Waals surface area contributed by atoms with Gasteiger partial charge in [-0.05, 0) is 66.8 Å². The number of methoxy groups -OCH3 is 1. The average molecular weight is 565 g/mol. The molecule has 0 saturated heterocycles. The number of rotatable bonds is 11. The molecule has 0 unspecified atom stereocenters. The van der Waals surface area contributed by atoms with Crippen molar-refractivity contribution in [2.24, 2.45) is 0 Å². The number of carbonyl (C=O) groups excluding carboxylic acids is 1. The lowest BCUT2D eigenvalue weighted by molar-refractivity contribution is 0.0969. The van der Waals surface area contributed by atoms with E-state index in [-0.39, 0.29) is 17.9 Å². The van der Waals surface area contributed by atoms with E-state index in [0.29, 0.717) is 46.9 Å². The van der Waals surface area contributed by atoms with E-state index in [1.807, 2.05) is 48.5 Å². The number of carbonyl (C=O) groups is 1. The van der Waals surface area contributed by atoms with Crippen LogP contribution in [0.4, 0.5) is 0 Å². The number of aromatic amines is 1. The van der Waals surface area contributed by atoms with E-state index in [9.17, 15) is 14.4 Å². The molecule has 0 aliphatic rings. The number of ether oxygens (including phenoxy) is 1. The van der Waals surface area contributed by atoms with Crippen molar-refractivity contribution >= 4 is 5.78 Å². The van der Waals surface area contributed by atoms with Crippen LogP contribution < -0.4 is 16.1 Å². The lowest BCUT2D eigenvalue weighted by Gasteiger charge is -2.16. The molecule has 0 bridgehead atoms. The largest absolute Gasteiger partial charge is 0.497 e. The molecule has 0 aliphatic heterocycles. The van der Waals surface area contributed by atoms with Crippen LogP contribution in [0.25, 0.3) is 22.5 Å². The van der Waals surface area contributed by atoms with Crippen LogP contribution in [0.5, 0.6) is 5.75 Å². The maximum Gasteiger partial charge on any atom is 0.439 e. The number of H-pyrrole nitrogens is 1. The van der Waals surface area contributed by atoms with Gasteiger partial charge in [-0.15, -0.1) is 0 Å². The lowest BCUT2D eigenvalue weighted by atomic mass is 9.94. The van der Waals surface area contributed by atoms with Gasteiger partial charge < -0.3 is 4.74 Å². The highest BCUT2D eigenvalue weighted by Gasteiger charge is 2.19. The summed E-state index contributed by atoms with van der Waals surface area (Å²) in [6.45, 7) is 3.73. The molecule has 0 amide bonds. The highest BCUT2D eigenvalue weighted by atomic mass is 16.5. The third-order valence-corrected chi connectivity index (χ3v) is 7.26. The number of ketones is 1. The molecule has 5 rings (SSSR count). The van der Waals surface area contributed by atoms with Gasteiger partial charge in [-0.3, -0.25) is 23.7 Å². The molecule has 0 aliphatic carbocycles. The zero-order valence-corrected chi connectivity index (χ0v) is 23.8. The summed E-state index contributed by atoms with van der Waals surface area (Å²) in [5.41, 5.74) is 4.85. The van der Waals surface area contributed by atoms with Crippen molar-refractivity contribution in [3.8, 4) is 28.3 Å². The summed E-state index contributed by atoms with van der Waals surface area (Å²) in [6.07, 6.45) is 2.79. The molecule has 0 radical (unpaired) electrons. The van der Waals surface area contributed by atoms with Crippen LogP contribution in [-0.2, 0) is 19.4 Å². The van der Waals surface area contributed by atoms with Crippen molar-refractivity contribution in [2.75, 3.05) is 7.11 Å². The fourth-order valence-corrected chi connectivity index (χ4v) is 5.00. The molecule has 1 N–H and O–H groups in total. The predicted molar refractivity (Wildman–Crippen MR) is 160 cm³/mol. The van der Waals surface area contributed by atoms with Gasteiger partial charge in [-0.1, -0.05) is 61.0 Å². The summed E-state index contributed by atoms with van der Waals surface area (Å²) >= 11 is 0. The summed E-state index contributed by atoms with van der Waals surface area (Å²) < 4.78 is 11.4. The molecule has 9 heteroatoms. The van der Waals surface area contributed by atoms with Crippen LogP contribution in [0.2, 0.25) is 0 Å². The third-order valence-electron chi connectivity index (χ3n) is 7.26. The zero-order valence-electron chi connectivity index (χ0n) is 23.8. The zero-order chi connectivity index (χ0) is 29.6. The molecule has 214 valence electrons. The minimum absolute atomic E-state index is 0.122. The van der Waals surface area contributed by atoms with E-state index in [2.05, 4.69) is 17.1 Å². The van der Waals surface area contributed by atoms with Crippen LogP contribution in [0.3, 0.4) is 0 Å². The summed E-state index contributed by atoms with van der Waals surface area (Å²) in [6, 6.07) is 22.4. The molecule has 5 aromatic rings. The summed E-state index contributed by atoms with van der Waals surface area (Å²) in [4.78, 5) is 46.4. The van der Waals surface area contributed by atoms with Crippen molar-refractivity contribution in [2.45, 2.75) is 46.1 Å². The SMILES string of the molecule is CCCCc1nc(C)n(CC(=O)c2ccc(OC)cc2)c(=O)c1Cc1ccc(-c2ccccc2)c(-c2noc(=O)[nH]2)c1. The first-order valence-corrected chi connectivity index (χ1v) is 13.9. The first-order valence-electron chi connectivity index (χ1n) is 13.9. The number of unbranched alkanes of at least 4 members (excludes halogenated alkanes) is 1. The molecule has 2 aromatic heterocycles. The number of benzene rings is 3. The van der Waals surface area contributed by atoms with Gasteiger partial charge >= 0.3 is 5.76 Å². The van der Waals surface area contributed by atoms with Crippen LogP contribution in [0.15, 0.2) is 86.9 Å². The maximum atomic E-state index is 14.0. The standard InChI is InChI=1S/C33H32N4O5/c1-4-5-11-29-28(32(39)37(21(2)34-29)20-30(38)24-13-15-25(41-3)16-14-24)19-22-12-17-26(23-9-7-6-8-10-23)27(18-22)31-35-33(40)42-36-31/h6-10,12-18H,4-5,11,19-20H2,1-3H3,(H,35,36,40). The van der Waals surface area contributed by atoms with Gasteiger partial charge in [0.15, 0.2) is 11.6 Å². The summed E-state index contributed by atoms with van der Waals surface area (Å²) in [7, 11) is 1.57. The van der Waals surface area contributed by atoms with Crippen molar-refractivity contribution in [3.05, 3.63) is 122 Å². The van der Waals surface area contributed by atoms with Crippen molar-refractivity contribution in [1.82, 2.24) is 19.7 Å². The van der Waals surface area contributed by atoms with Crippen LogP contribution in [-0.4, -0.2) is 32.6 Å². The van der Waals surface area contributed by atoms with Gasteiger partial charge in [0.25, 0.3) is 5.56 Å². The molecule has 42 heavy (non-hydrogen) atoms. The van der Waals surface area contributed by atoms with E-state index in [4.69, 9.17) is 14.2 Å². The molecule has 0 saturated carbocycles. The topological polar surface area (TPSA) is 120 Å². The van der Waals surface area contributed by atoms with Gasteiger partial charge in [-0.2, -0.15) is 0 Å². The first-order chi connectivity index (χ1) is 20.4. The van der Waals surface area contributed by atoms with E-state index in [1.54, 1.807) is 38.3 Å². The van der Waals surface area contributed by atoms with Gasteiger partial charge in [0.2, 0.25) is 0 Å². The maximum absolute atomic E-state index is 14.0. The number of hydrogen-bond acceptors (Lipinski definition) is 7. The number of Topliss-reactive ketones (excluding diaryl/α,β-unsaturated/α-hetero) is 1. The van der Waals surface area contributed by atoms with E-state index < -0.39 is 5.76 Å². The fraction of sp³-hybridized carbons (Fsp3) is 0.242. The normalized spacial score (nSPS) is 11.0. The van der Waals surface area contributed by atoms with Gasteiger partial charge in [0.1, 0.15) is 11.6 Å². The average Bonchev–Trinajstić information content (AvgIpc) is 3.46. The molecule has 9 nitrogen and oxygen atoms in total. The van der Waals surface area contributed by atoms with Gasteiger partial charge in [-0.25, -0.2) is 9.78 Å². The Balaban J connectivity index is 1.55. The molecule has 3 aromatic carbocycles. The minimum Gasteiger partial charge on any atom is -0.497 e. The van der Waals surface area contributed by atoms with Crippen LogP contribution in [0, 0.1) is 6.92 Å². The fourth-order valence-electron chi connectivity index (χ4n) is 5.00. The second kappa shape index (κ2) is 12.6. The Morgan fingerprint density at radius 3 is 2.43 bits per heavy atom. The second-order valence-electron chi connectivity index (χ2n) is 10.1. The molecule has 0 atom stereocenters. The second-order valence-corrected chi connectivity index (χ2v) is 10.1. The quantitative estimate of drug-likeness (QED) is 0.214. The molecule has 0 spiro atoms. The Labute approximate surface area is 242 Å². The van der Waals surface area contributed by atoms with Crippen molar-refractivity contribution in [1.29, 1.82) is 0 Å². The molecular weight excluding hydrogens is 532 g/mol. The number of nitrogens with one attached hydrogen (secondary N) is 1. The molecular formula is C33H32N4O5. The van der Waals surface area contributed by atoms with Crippen molar-refractivity contribution in [3.63, 3.8) is 0 Å². The Kier molecular flexibility index (Phi) is 8.57. The minimum atomic E-state index is -0.650.